The zero-order valence-corrected chi connectivity index (χ0v) is 22.8. The summed E-state index contributed by atoms with van der Waals surface area (Å²) in [6.07, 6.45) is 3.63. The highest BCUT2D eigenvalue weighted by Gasteiger charge is 2.45. The van der Waals surface area contributed by atoms with Crippen molar-refractivity contribution in [3.05, 3.63) is 133 Å². The summed E-state index contributed by atoms with van der Waals surface area (Å²) in [5.74, 6) is 3.12. The van der Waals surface area contributed by atoms with Gasteiger partial charge in [0, 0.05) is 41.0 Å². The molecule has 6 aromatic rings. The Balaban J connectivity index is 1.40. The summed E-state index contributed by atoms with van der Waals surface area (Å²) in [4.78, 5) is 8.77. The molecule has 200 valence electrons. The number of fused-ring (bicyclic) bond motifs is 7. The van der Waals surface area contributed by atoms with Gasteiger partial charge in [0.1, 0.15) is 11.5 Å². The van der Waals surface area contributed by atoms with E-state index in [2.05, 4.69) is 69.4 Å². The normalized spacial score (nSPS) is 13.3. The number of para-hydroxylation sites is 4. The van der Waals surface area contributed by atoms with Crippen molar-refractivity contribution >= 4 is 57.2 Å². The maximum atomic E-state index is 9.47. The lowest BCUT2D eigenvalue weighted by Crippen LogP contribution is -2.59. The minimum absolute atomic E-state index is 0.0429. The number of benzene rings is 5. The predicted molar refractivity (Wildman–Crippen MR) is 170 cm³/mol. The molecule has 0 bridgehead atoms. The highest BCUT2D eigenvalue weighted by molar-refractivity contribution is 6.99. The molecule has 7 heteroatoms. The zero-order valence-electron chi connectivity index (χ0n) is 22.8. The van der Waals surface area contributed by atoms with Gasteiger partial charge in [-0.25, -0.2) is 0 Å². The molecule has 0 radical (unpaired) electrons. The molecule has 0 unspecified atom stereocenters. The molecule has 3 aliphatic rings. The van der Waals surface area contributed by atoms with E-state index in [-0.39, 0.29) is 6.71 Å². The van der Waals surface area contributed by atoms with Gasteiger partial charge in [-0.05, 0) is 71.6 Å². The number of ether oxygens (including phenoxy) is 2. The van der Waals surface area contributed by atoms with Crippen molar-refractivity contribution < 1.29 is 9.47 Å². The average molecular weight is 552 g/mol. The van der Waals surface area contributed by atoms with Crippen molar-refractivity contribution in [2.24, 2.45) is 0 Å². The summed E-state index contributed by atoms with van der Waals surface area (Å²) in [5.41, 5.74) is 9.66. The number of pyridine rings is 1. The molecule has 1 aromatic heterocycles. The van der Waals surface area contributed by atoms with Crippen LogP contribution < -0.4 is 35.7 Å². The Morgan fingerprint density at radius 2 is 1.28 bits per heavy atom. The first kappa shape index (κ1) is 23.7. The van der Waals surface area contributed by atoms with Gasteiger partial charge in [-0.2, -0.15) is 5.26 Å². The van der Waals surface area contributed by atoms with Gasteiger partial charge in [0.2, 0.25) is 0 Å². The molecule has 0 spiro atoms. The Bertz CT molecular complexity index is 2130. The summed E-state index contributed by atoms with van der Waals surface area (Å²) >= 11 is 0. The van der Waals surface area contributed by atoms with Crippen LogP contribution in [0, 0.1) is 11.3 Å². The van der Waals surface area contributed by atoms with Crippen LogP contribution in [0.4, 0.5) is 34.1 Å². The lowest BCUT2D eigenvalue weighted by atomic mass is 9.34. The second-order valence-electron chi connectivity index (χ2n) is 10.7. The second kappa shape index (κ2) is 9.00. The first-order valence-electron chi connectivity index (χ1n) is 14.1. The molecule has 6 nitrogen and oxygen atoms in total. The van der Waals surface area contributed by atoms with E-state index in [1.807, 2.05) is 79.1 Å². The second-order valence-corrected chi connectivity index (χ2v) is 10.7. The standard InChI is InChI=1S/C36H21BN4O2/c38-22-23-13-15-24(16-14-23)40-29-10-4-6-12-32(29)43-36-30(40)21-33-34-35(36)41(25-17-19-39-20-18-25)28-9-3-1-7-26(28)37(34)27-8-2-5-11-31(27)42-33/h1-21H. The van der Waals surface area contributed by atoms with Crippen LogP contribution in [0.15, 0.2) is 128 Å². The summed E-state index contributed by atoms with van der Waals surface area (Å²) < 4.78 is 13.6. The third kappa shape index (κ3) is 3.38. The van der Waals surface area contributed by atoms with E-state index in [9.17, 15) is 5.26 Å². The first-order chi connectivity index (χ1) is 21.3. The molecule has 0 fully saturated rings. The van der Waals surface area contributed by atoms with E-state index < -0.39 is 0 Å². The van der Waals surface area contributed by atoms with Crippen molar-refractivity contribution in [1.82, 2.24) is 4.98 Å². The predicted octanol–water partition coefficient (Wildman–Crippen LogP) is 6.93. The lowest BCUT2D eigenvalue weighted by molar-refractivity contribution is 0.469. The lowest BCUT2D eigenvalue weighted by Gasteiger charge is -2.43. The molecule has 3 aliphatic heterocycles. The molecule has 0 N–H and O–H groups in total. The minimum Gasteiger partial charge on any atom is -0.458 e. The molecule has 0 amide bonds. The fourth-order valence-corrected chi connectivity index (χ4v) is 6.64. The average Bonchev–Trinajstić information content (AvgIpc) is 3.07. The van der Waals surface area contributed by atoms with E-state index >= 15 is 0 Å². The van der Waals surface area contributed by atoms with Crippen LogP contribution in [0.5, 0.6) is 23.0 Å². The number of anilines is 6. The van der Waals surface area contributed by atoms with E-state index in [1.54, 1.807) is 0 Å². The molecular weight excluding hydrogens is 531 g/mol. The van der Waals surface area contributed by atoms with Gasteiger partial charge in [0.25, 0.3) is 6.71 Å². The SMILES string of the molecule is N#Cc1ccc(N2c3ccccc3Oc3c2cc2c4c3N(c3ccncc3)c3ccccc3B4c3ccccc3O2)cc1. The molecule has 0 aliphatic carbocycles. The maximum absolute atomic E-state index is 9.47. The molecular formula is C36H21BN4O2. The maximum Gasteiger partial charge on any atom is 0.256 e. The number of aromatic nitrogens is 1. The van der Waals surface area contributed by atoms with Crippen LogP contribution in [-0.4, -0.2) is 11.7 Å². The van der Waals surface area contributed by atoms with Crippen molar-refractivity contribution in [2.45, 2.75) is 0 Å². The van der Waals surface area contributed by atoms with Gasteiger partial charge in [0.15, 0.2) is 11.5 Å². The largest absolute Gasteiger partial charge is 0.458 e. The van der Waals surface area contributed by atoms with Gasteiger partial charge in [-0.3, -0.25) is 4.98 Å². The van der Waals surface area contributed by atoms with E-state index in [4.69, 9.17) is 9.47 Å². The molecule has 0 saturated carbocycles. The fourth-order valence-electron chi connectivity index (χ4n) is 6.64. The van der Waals surface area contributed by atoms with E-state index in [0.717, 1.165) is 68.0 Å². The highest BCUT2D eigenvalue weighted by atomic mass is 16.5. The Hall–Kier alpha value is -6.00. The van der Waals surface area contributed by atoms with Gasteiger partial charge < -0.3 is 19.3 Å². The van der Waals surface area contributed by atoms with E-state index in [1.165, 1.54) is 5.46 Å². The van der Waals surface area contributed by atoms with Gasteiger partial charge in [-0.1, -0.05) is 48.5 Å². The molecule has 43 heavy (non-hydrogen) atoms. The van der Waals surface area contributed by atoms with Gasteiger partial charge >= 0.3 is 0 Å². The fraction of sp³-hybridized carbons (Fsp3) is 0. The Labute approximate surface area is 248 Å². The quantitative estimate of drug-likeness (QED) is 0.217. The van der Waals surface area contributed by atoms with Gasteiger partial charge in [-0.15, -0.1) is 0 Å². The molecule has 9 rings (SSSR count). The molecule has 0 saturated heterocycles. The van der Waals surface area contributed by atoms with Crippen LogP contribution in [-0.2, 0) is 0 Å². The Kier molecular flexibility index (Phi) is 4.96. The van der Waals surface area contributed by atoms with Crippen molar-refractivity contribution in [2.75, 3.05) is 9.80 Å². The minimum atomic E-state index is -0.0429. The third-order valence-electron chi connectivity index (χ3n) is 8.42. The summed E-state index contributed by atoms with van der Waals surface area (Å²) in [6.45, 7) is -0.0429. The molecule has 0 atom stereocenters. The first-order valence-corrected chi connectivity index (χ1v) is 14.1. The van der Waals surface area contributed by atoms with E-state index in [0.29, 0.717) is 5.56 Å². The summed E-state index contributed by atoms with van der Waals surface area (Å²) in [6, 6.07) is 40.9. The number of rotatable bonds is 2. The molecule has 4 heterocycles. The highest BCUT2D eigenvalue weighted by Crippen LogP contribution is 2.57. The summed E-state index contributed by atoms with van der Waals surface area (Å²) in [5, 5.41) is 9.47. The third-order valence-corrected chi connectivity index (χ3v) is 8.42. The Morgan fingerprint density at radius 3 is 2.07 bits per heavy atom. The number of hydrogen-bond donors (Lipinski definition) is 0. The number of nitrogens with zero attached hydrogens (tertiary/aromatic N) is 4. The van der Waals surface area contributed by atoms with Crippen LogP contribution in [0.1, 0.15) is 5.56 Å². The molecule has 5 aromatic carbocycles. The summed E-state index contributed by atoms with van der Waals surface area (Å²) in [7, 11) is 0. The topological polar surface area (TPSA) is 61.6 Å². The van der Waals surface area contributed by atoms with Gasteiger partial charge in [0.05, 0.1) is 28.7 Å². The monoisotopic (exact) mass is 552 g/mol. The number of hydrogen-bond acceptors (Lipinski definition) is 6. The van der Waals surface area contributed by atoms with Crippen molar-refractivity contribution in [3.8, 4) is 29.1 Å². The Morgan fingerprint density at radius 1 is 0.605 bits per heavy atom. The zero-order chi connectivity index (χ0) is 28.5. The van der Waals surface area contributed by atoms with Crippen LogP contribution in [0.3, 0.4) is 0 Å². The van der Waals surface area contributed by atoms with Crippen molar-refractivity contribution in [1.29, 1.82) is 5.26 Å². The van der Waals surface area contributed by atoms with Crippen LogP contribution in [0.2, 0.25) is 0 Å². The van der Waals surface area contributed by atoms with Crippen molar-refractivity contribution in [3.63, 3.8) is 0 Å². The van der Waals surface area contributed by atoms with Crippen LogP contribution in [0.25, 0.3) is 0 Å². The van der Waals surface area contributed by atoms with Crippen LogP contribution >= 0.6 is 0 Å². The number of nitriles is 1. The smallest absolute Gasteiger partial charge is 0.256 e.